The number of hydrogen-bond acceptors (Lipinski definition) is 3. The first-order valence-electron chi connectivity index (χ1n) is 4.77. The molecular weight excluding hydrogens is 244 g/mol. The van der Waals surface area contributed by atoms with Gasteiger partial charge in [0.25, 0.3) is 0 Å². The molecule has 1 aromatic carbocycles. The van der Waals surface area contributed by atoms with Crippen molar-refractivity contribution in [1.82, 2.24) is 0 Å². The molecule has 0 aliphatic heterocycles. The zero-order chi connectivity index (χ0) is 12.0. The van der Waals surface area contributed by atoms with Gasteiger partial charge in [-0.25, -0.2) is 0 Å². The summed E-state index contributed by atoms with van der Waals surface area (Å²) in [5.41, 5.74) is 0.843. The Labute approximate surface area is 105 Å². The summed E-state index contributed by atoms with van der Waals surface area (Å²) in [4.78, 5) is 10.7. The van der Waals surface area contributed by atoms with Crippen LogP contribution in [0.4, 0.5) is 0 Å². The normalized spacial score (nSPS) is 10.7. The molecule has 0 radical (unpaired) electrons. The summed E-state index contributed by atoms with van der Waals surface area (Å²) in [6.45, 7) is 1.55. The summed E-state index contributed by atoms with van der Waals surface area (Å²) in [7, 11) is 1.60. The largest absolute Gasteiger partial charge is 0.496 e. The molecule has 0 fully saturated rings. The molecule has 0 N–H and O–H groups in total. The molecule has 0 spiro atoms. The maximum Gasteiger partial charge on any atom is 0.186 e. The lowest BCUT2D eigenvalue weighted by molar-refractivity contribution is -0.109. The number of hydrogen-bond donors (Lipinski definition) is 0. The van der Waals surface area contributed by atoms with Crippen LogP contribution in [-0.4, -0.2) is 18.0 Å². The molecule has 2 nitrogen and oxygen atoms in total. The zero-order valence-electron chi connectivity index (χ0n) is 9.20. The van der Waals surface area contributed by atoms with Crippen molar-refractivity contribution in [1.29, 1.82) is 0 Å². The lowest BCUT2D eigenvalue weighted by atomic mass is 10.2. The van der Waals surface area contributed by atoms with Crippen LogP contribution in [0.25, 0.3) is 6.08 Å². The predicted molar refractivity (Wildman–Crippen MR) is 70.2 cm³/mol. The van der Waals surface area contributed by atoms with E-state index in [1.807, 2.05) is 30.4 Å². The molecular formula is C12H13ClO2S. The van der Waals surface area contributed by atoms with E-state index >= 15 is 0 Å². The number of carbonyl (C=O) groups excluding carboxylic acids is 1. The van der Waals surface area contributed by atoms with Gasteiger partial charge >= 0.3 is 0 Å². The van der Waals surface area contributed by atoms with Gasteiger partial charge in [0.2, 0.25) is 0 Å². The lowest BCUT2D eigenvalue weighted by Gasteiger charge is -2.05. The summed E-state index contributed by atoms with van der Waals surface area (Å²) >= 11 is 7.30. The number of ether oxygens (including phenoxy) is 1. The number of thioether (sulfide) groups is 1. The van der Waals surface area contributed by atoms with Gasteiger partial charge in [-0.2, -0.15) is 0 Å². The topological polar surface area (TPSA) is 26.3 Å². The van der Waals surface area contributed by atoms with E-state index in [0.29, 0.717) is 10.8 Å². The second kappa shape index (κ2) is 6.61. The Morgan fingerprint density at radius 3 is 2.94 bits per heavy atom. The number of benzene rings is 1. The molecule has 4 heteroatoms. The van der Waals surface area contributed by atoms with Crippen molar-refractivity contribution in [3.63, 3.8) is 0 Å². The molecule has 0 heterocycles. The van der Waals surface area contributed by atoms with Gasteiger partial charge in [0.05, 0.1) is 12.1 Å². The molecule has 0 aromatic heterocycles. The predicted octanol–water partition coefficient (Wildman–Crippen LogP) is 3.64. The van der Waals surface area contributed by atoms with Gasteiger partial charge in [-0.15, -0.1) is 0 Å². The van der Waals surface area contributed by atoms with Gasteiger partial charge < -0.3 is 4.74 Å². The standard InChI is InChI=1S/C12H13ClO2S/c1-9(14)16-8-4-5-10-11(13)6-3-7-12(10)15-2/h3-7H,8H2,1-2H3. The number of halogens is 1. The fourth-order valence-electron chi connectivity index (χ4n) is 1.19. The van der Waals surface area contributed by atoms with Crippen molar-refractivity contribution in [3.8, 4) is 5.75 Å². The van der Waals surface area contributed by atoms with Crippen LogP contribution in [0.15, 0.2) is 24.3 Å². The lowest BCUT2D eigenvalue weighted by Crippen LogP contribution is -1.88. The second-order valence-electron chi connectivity index (χ2n) is 3.06. The van der Waals surface area contributed by atoms with Crippen molar-refractivity contribution in [3.05, 3.63) is 34.9 Å². The summed E-state index contributed by atoms with van der Waals surface area (Å²) in [5.74, 6) is 1.38. The third-order valence-corrected chi connectivity index (χ3v) is 3.00. The highest BCUT2D eigenvalue weighted by Crippen LogP contribution is 2.27. The van der Waals surface area contributed by atoms with E-state index in [-0.39, 0.29) is 5.12 Å². The van der Waals surface area contributed by atoms with Crippen LogP contribution in [0.5, 0.6) is 5.75 Å². The van der Waals surface area contributed by atoms with Gasteiger partial charge in [0, 0.05) is 18.2 Å². The fourth-order valence-corrected chi connectivity index (χ4v) is 1.84. The van der Waals surface area contributed by atoms with E-state index in [1.54, 1.807) is 14.0 Å². The molecule has 0 aliphatic rings. The second-order valence-corrected chi connectivity index (χ2v) is 4.66. The Hall–Kier alpha value is -0.930. The average molecular weight is 257 g/mol. The highest BCUT2D eigenvalue weighted by molar-refractivity contribution is 8.13. The SMILES string of the molecule is COc1cccc(Cl)c1C=CCSC(C)=O. The summed E-state index contributed by atoms with van der Waals surface area (Å²) in [6, 6.07) is 5.49. The Bertz CT molecular complexity index is 402. The van der Waals surface area contributed by atoms with Crippen LogP contribution in [0.1, 0.15) is 12.5 Å². The average Bonchev–Trinajstić information content (AvgIpc) is 2.25. The van der Waals surface area contributed by atoms with E-state index in [1.165, 1.54) is 11.8 Å². The molecule has 0 saturated carbocycles. The molecule has 1 aromatic rings. The zero-order valence-corrected chi connectivity index (χ0v) is 10.8. The molecule has 0 aliphatic carbocycles. The third-order valence-electron chi connectivity index (χ3n) is 1.90. The van der Waals surface area contributed by atoms with E-state index in [0.717, 1.165) is 11.3 Å². The van der Waals surface area contributed by atoms with Crippen LogP contribution < -0.4 is 4.74 Å². The van der Waals surface area contributed by atoms with Gasteiger partial charge in [0.15, 0.2) is 5.12 Å². The highest BCUT2D eigenvalue weighted by Gasteiger charge is 2.03. The fraction of sp³-hybridized carbons (Fsp3) is 0.250. The smallest absolute Gasteiger partial charge is 0.186 e. The Morgan fingerprint density at radius 1 is 1.56 bits per heavy atom. The van der Waals surface area contributed by atoms with Gasteiger partial charge in [-0.1, -0.05) is 41.6 Å². The molecule has 0 atom stereocenters. The van der Waals surface area contributed by atoms with Crippen molar-refractivity contribution >= 4 is 34.6 Å². The Kier molecular flexibility index (Phi) is 5.43. The summed E-state index contributed by atoms with van der Waals surface area (Å²) in [5, 5.41) is 0.749. The van der Waals surface area contributed by atoms with Crippen molar-refractivity contribution in [2.75, 3.05) is 12.9 Å². The maximum atomic E-state index is 10.7. The quantitative estimate of drug-likeness (QED) is 0.823. The minimum absolute atomic E-state index is 0.107. The summed E-state index contributed by atoms with van der Waals surface area (Å²) in [6.07, 6.45) is 3.77. The molecule has 0 unspecified atom stereocenters. The van der Waals surface area contributed by atoms with E-state index in [2.05, 4.69) is 0 Å². The number of rotatable bonds is 4. The van der Waals surface area contributed by atoms with Crippen LogP contribution in [0.3, 0.4) is 0 Å². The van der Waals surface area contributed by atoms with E-state index in [4.69, 9.17) is 16.3 Å². The maximum absolute atomic E-state index is 10.7. The minimum Gasteiger partial charge on any atom is -0.496 e. The monoisotopic (exact) mass is 256 g/mol. The number of carbonyl (C=O) groups is 1. The number of methoxy groups -OCH3 is 1. The Morgan fingerprint density at radius 2 is 2.31 bits per heavy atom. The molecule has 0 amide bonds. The van der Waals surface area contributed by atoms with Crippen molar-refractivity contribution < 1.29 is 9.53 Å². The van der Waals surface area contributed by atoms with Gasteiger partial charge in [-0.3, -0.25) is 4.79 Å². The molecule has 16 heavy (non-hydrogen) atoms. The van der Waals surface area contributed by atoms with Crippen LogP contribution in [0, 0.1) is 0 Å². The molecule has 0 bridgehead atoms. The first-order valence-corrected chi connectivity index (χ1v) is 6.14. The highest BCUT2D eigenvalue weighted by atomic mass is 35.5. The van der Waals surface area contributed by atoms with Crippen molar-refractivity contribution in [2.45, 2.75) is 6.92 Å². The minimum atomic E-state index is 0.107. The first kappa shape index (κ1) is 13.1. The van der Waals surface area contributed by atoms with Crippen LogP contribution >= 0.6 is 23.4 Å². The summed E-state index contributed by atoms with van der Waals surface area (Å²) < 4.78 is 5.19. The molecule has 86 valence electrons. The van der Waals surface area contributed by atoms with Gasteiger partial charge in [0.1, 0.15) is 5.75 Å². The molecule has 0 saturated heterocycles. The molecule has 1 rings (SSSR count). The van der Waals surface area contributed by atoms with Gasteiger partial charge in [-0.05, 0) is 12.1 Å². The third kappa shape index (κ3) is 3.91. The van der Waals surface area contributed by atoms with Crippen LogP contribution in [0.2, 0.25) is 5.02 Å². The van der Waals surface area contributed by atoms with Crippen LogP contribution in [-0.2, 0) is 4.79 Å². The Balaban J connectivity index is 2.75. The first-order chi connectivity index (χ1) is 7.65. The van der Waals surface area contributed by atoms with Crippen molar-refractivity contribution in [2.24, 2.45) is 0 Å². The van der Waals surface area contributed by atoms with E-state index in [9.17, 15) is 4.79 Å². The van der Waals surface area contributed by atoms with E-state index < -0.39 is 0 Å².